The summed E-state index contributed by atoms with van der Waals surface area (Å²) in [6, 6.07) is -0.770. The normalized spacial score (nSPS) is 13.9. The van der Waals surface area contributed by atoms with E-state index in [1.165, 1.54) is 193 Å². The lowest BCUT2D eigenvalue weighted by atomic mass is 10.0. The van der Waals surface area contributed by atoms with Crippen molar-refractivity contribution in [3.05, 3.63) is 60.8 Å². The summed E-state index contributed by atoms with van der Waals surface area (Å²) >= 11 is 0. The number of amides is 1. The fourth-order valence-electron chi connectivity index (χ4n) is 7.93. The van der Waals surface area contributed by atoms with Crippen LogP contribution in [-0.2, 0) is 4.79 Å². The Hall–Kier alpha value is -1.95. The molecule has 0 heterocycles. The van der Waals surface area contributed by atoms with Crippen molar-refractivity contribution >= 4 is 5.91 Å². The Morgan fingerprint density at radius 2 is 0.754 bits per heavy atom. The smallest absolute Gasteiger partial charge is 0.222 e. The average Bonchev–Trinajstić information content (AvgIpc) is 3.25. The molecule has 0 radical (unpaired) electrons. The summed E-state index contributed by atoms with van der Waals surface area (Å²) < 4.78 is 0. The summed E-state index contributed by atoms with van der Waals surface area (Å²) in [4.78, 5) is 12.5. The Bertz CT molecular complexity index is 1030. The molecule has 356 valence electrons. The zero-order chi connectivity index (χ0) is 44.4. The van der Waals surface area contributed by atoms with Crippen LogP contribution in [0.4, 0.5) is 0 Å². The van der Waals surface area contributed by atoms with E-state index < -0.39 is 18.2 Å². The molecule has 5 heteroatoms. The highest BCUT2D eigenvalue weighted by Gasteiger charge is 2.20. The first-order chi connectivity index (χ1) is 30.0. The molecule has 1 amide bonds. The van der Waals surface area contributed by atoms with Gasteiger partial charge >= 0.3 is 0 Å². The van der Waals surface area contributed by atoms with E-state index in [0.29, 0.717) is 6.42 Å². The molecule has 0 fully saturated rings. The number of allylic oxidation sites excluding steroid dienone is 9. The molecule has 0 spiro atoms. The number of unbranched alkanes of at least 4 members (excludes halogenated alkanes) is 31. The molecule has 0 bridgehead atoms. The predicted molar refractivity (Wildman–Crippen MR) is 268 cm³/mol. The molecule has 4 N–H and O–H groups in total. The zero-order valence-electron chi connectivity index (χ0n) is 40.5. The highest BCUT2D eigenvalue weighted by atomic mass is 16.3. The number of carbonyl (C=O) groups excluding carboxylic acids is 1. The number of nitrogens with one attached hydrogen (secondary N) is 1. The molecule has 3 atom stereocenters. The maximum Gasteiger partial charge on any atom is 0.222 e. The second-order valence-corrected chi connectivity index (χ2v) is 18.1. The van der Waals surface area contributed by atoms with Crippen molar-refractivity contribution < 1.29 is 20.1 Å². The van der Waals surface area contributed by atoms with Gasteiger partial charge in [-0.1, -0.05) is 242 Å². The Morgan fingerprint density at radius 1 is 0.426 bits per heavy atom. The third-order valence-electron chi connectivity index (χ3n) is 12.0. The fourth-order valence-corrected chi connectivity index (χ4v) is 7.93. The van der Waals surface area contributed by atoms with E-state index in [4.69, 9.17) is 0 Å². The van der Waals surface area contributed by atoms with Crippen LogP contribution in [0.5, 0.6) is 0 Å². The molecule has 0 aromatic carbocycles. The van der Waals surface area contributed by atoms with Gasteiger partial charge in [0.05, 0.1) is 31.3 Å². The van der Waals surface area contributed by atoms with Gasteiger partial charge < -0.3 is 20.6 Å². The van der Waals surface area contributed by atoms with Crippen LogP contribution in [0, 0.1) is 0 Å². The van der Waals surface area contributed by atoms with Crippen molar-refractivity contribution in [2.24, 2.45) is 0 Å². The molecule has 0 saturated heterocycles. The molecule has 0 saturated carbocycles. The number of aliphatic hydroxyl groups excluding tert-OH is 3. The Morgan fingerprint density at radius 3 is 1.15 bits per heavy atom. The molecule has 0 aliphatic rings. The number of carbonyl (C=O) groups is 1. The number of hydrogen-bond acceptors (Lipinski definition) is 4. The van der Waals surface area contributed by atoms with Crippen LogP contribution in [0.2, 0.25) is 0 Å². The lowest BCUT2D eigenvalue weighted by Gasteiger charge is -2.21. The molecule has 3 unspecified atom stereocenters. The van der Waals surface area contributed by atoms with Gasteiger partial charge in [0.15, 0.2) is 0 Å². The molecule has 0 rings (SSSR count). The number of aliphatic hydroxyl groups is 3. The summed E-state index contributed by atoms with van der Waals surface area (Å²) in [6.45, 7) is 4.20. The van der Waals surface area contributed by atoms with Crippen molar-refractivity contribution in [1.29, 1.82) is 0 Å². The van der Waals surface area contributed by atoms with Gasteiger partial charge in [-0.25, -0.2) is 0 Å². The molecule has 0 aromatic heterocycles. The number of hydrogen-bond donors (Lipinski definition) is 4. The van der Waals surface area contributed by atoms with Crippen LogP contribution in [-0.4, -0.2) is 46.1 Å². The van der Waals surface area contributed by atoms with Crippen molar-refractivity contribution in [1.82, 2.24) is 5.32 Å². The lowest BCUT2D eigenvalue weighted by molar-refractivity contribution is -0.124. The largest absolute Gasteiger partial charge is 0.394 e. The van der Waals surface area contributed by atoms with Crippen LogP contribution in [0.3, 0.4) is 0 Å². The predicted octanol–water partition coefficient (Wildman–Crippen LogP) is 16.2. The molecule has 0 aliphatic carbocycles. The van der Waals surface area contributed by atoms with Gasteiger partial charge in [-0.15, -0.1) is 0 Å². The molecular formula is C56H103NO4. The van der Waals surface area contributed by atoms with Crippen LogP contribution >= 0.6 is 0 Å². The molecule has 0 aliphatic heterocycles. The second kappa shape index (κ2) is 50.7. The lowest BCUT2D eigenvalue weighted by Crippen LogP contribution is -2.45. The van der Waals surface area contributed by atoms with E-state index in [1.54, 1.807) is 6.08 Å². The molecule has 5 nitrogen and oxygen atoms in total. The van der Waals surface area contributed by atoms with E-state index in [0.717, 1.165) is 44.9 Å². The third-order valence-corrected chi connectivity index (χ3v) is 12.0. The molecule has 0 aromatic rings. The standard InChI is InChI=1S/C56H103NO4/c1-3-5-7-9-11-13-15-17-19-21-22-23-24-25-26-27-28-29-30-31-32-34-35-37-39-41-43-45-47-49-53(59)51-56(61)57-54(52-58)55(60)50-48-46-44-42-40-38-36-33-20-18-16-14-12-10-8-6-4-2/h20,22-23,25-26,33,40,42,48,50,53-55,58-60H,3-19,21,24,27-32,34-39,41,43-47,49,51-52H2,1-2H3,(H,57,61)/b23-22-,26-25-,33-20+,42-40+,50-48+. The minimum atomic E-state index is -0.962. The monoisotopic (exact) mass is 854 g/mol. The quantitative estimate of drug-likeness (QED) is 0.0363. The SMILES string of the molecule is CCCCCCCCC/C=C/CC/C=C/CC/C=C/C(O)C(CO)NC(=O)CC(O)CCCCCCCCCCCCCCC/C=C\C/C=C\CCCCCCCCCCC. The van der Waals surface area contributed by atoms with Gasteiger partial charge in [-0.2, -0.15) is 0 Å². The summed E-state index contributed by atoms with van der Waals surface area (Å²) in [5, 5.41) is 33.3. The van der Waals surface area contributed by atoms with Crippen molar-refractivity contribution in [2.45, 2.75) is 283 Å². The summed E-state index contributed by atoms with van der Waals surface area (Å²) in [5.74, 6) is -0.330. The van der Waals surface area contributed by atoms with Crippen molar-refractivity contribution in [3.8, 4) is 0 Å². The van der Waals surface area contributed by atoms with E-state index in [2.05, 4.69) is 67.8 Å². The highest BCUT2D eigenvalue weighted by Crippen LogP contribution is 2.16. The van der Waals surface area contributed by atoms with Gasteiger partial charge in [0.25, 0.3) is 0 Å². The first-order valence-electron chi connectivity index (χ1n) is 26.6. The van der Waals surface area contributed by atoms with E-state index in [-0.39, 0.29) is 18.9 Å². The first-order valence-corrected chi connectivity index (χ1v) is 26.6. The summed E-state index contributed by atoms with van der Waals surface area (Å²) in [6.07, 6.45) is 68.2. The van der Waals surface area contributed by atoms with Crippen LogP contribution in [0.25, 0.3) is 0 Å². The van der Waals surface area contributed by atoms with Gasteiger partial charge in [-0.05, 0) is 77.0 Å². The van der Waals surface area contributed by atoms with Crippen molar-refractivity contribution in [3.63, 3.8) is 0 Å². The van der Waals surface area contributed by atoms with Gasteiger partial charge in [0, 0.05) is 0 Å². The van der Waals surface area contributed by atoms with Crippen LogP contribution < -0.4 is 5.32 Å². The van der Waals surface area contributed by atoms with E-state index in [9.17, 15) is 20.1 Å². The van der Waals surface area contributed by atoms with Crippen LogP contribution in [0.1, 0.15) is 264 Å². The van der Waals surface area contributed by atoms with Crippen molar-refractivity contribution in [2.75, 3.05) is 6.61 Å². The zero-order valence-corrected chi connectivity index (χ0v) is 40.5. The van der Waals surface area contributed by atoms with Gasteiger partial charge in [0.2, 0.25) is 5.91 Å². The minimum Gasteiger partial charge on any atom is -0.394 e. The Labute approximate surface area is 379 Å². The minimum absolute atomic E-state index is 0.000440. The van der Waals surface area contributed by atoms with E-state index >= 15 is 0 Å². The van der Waals surface area contributed by atoms with Crippen LogP contribution in [0.15, 0.2) is 60.8 Å². The maximum absolute atomic E-state index is 12.5. The Balaban J connectivity index is 3.62. The molecule has 61 heavy (non-hydrogen) atoms. The summed E-state index contributed by atoms with van der Waals surface area (Å²) in [5.41, 5.74) is 0. The number of rotatable bonds is 48. The second-order valence-electron chi connectivity index (χ2n) is 18.1. The molecular weight excluding hydrogens is 751 g/mol. The first kappa shape index (κ1) is 59.0. The summed E-state index contributed by atoms with van der Waals surface area (Å²) in [7, 11) is 0. The highest BCUT2D eigenvalue weighted by molar-refractivity contribution is 5.76. The van der Waals surface area contributed by atoms with Gasteiger partial charge in [0.1, 0.15) is 0 Å². The van der Waals surface area contributed by atoms with Gasteiger partial charge in [-0.3, -0.25) is 4.79 Å². The van der Waals surface area contributed by atoms with E-state index in [1.807, 2.05) is 6.08 Å². The Kier molecular flexibility index (Phi) is 49.1. The average molecular weight is 854 g/mol. The maximum atomic E-state index is 12.5. The topological polar surface area (TPSA) is 89.8 Å². The fraction of sp³-hybridized carbons (Fsp3) is 0.804. The third kappa shape index (κ3) is 47.4.